The van der Waals surface area contributed by atoms with Crippen LogP contribution >= 0.6 is 0 Å². The predicted octanol–water partition coefficient (Wildman–Crippen LogP) is 2.61. The van der Waals surface area contributed by atoms with E-state index in [-0.39, 0.29) is 23.6 Å². The van der Waals surface area contributed by atoms with Crippen molar-refractivity contribution in [2.75, 3.05) is 5.32 Å². The van der Waals surface area contributed by atoms with Gasteiger partial charge in [-0.1, -0.05) is 18.2 Å². The van der Waals surface area contributed by atoms with Crippen molar-refractivity contribution >= 4 is 17.4 Å². The maximum atomic E-state index is 13.8. The summed E-state index contributed by atoms with van der Waals surface area (Å²) in [5.41, 5.74) is 1.28. The van der Waals surface area contributed by atoms with Gasteiger partial charge in [-0.15, -0.1) is 0 Å². The Hall–Kier alpha value is -2.76. The summed E-state index contributed by atoms with van der Waals surface area (Å²) < 4.78 is 15.3. The minimum absolute atomic E-state index is 0.0452. The Morgan fingerprint density at radius 2 is 2.09 bits per heavy atom. The van der Waals surface area contributed by atoms with Gasteiger partial charge in [-0.25, -0.2) is 9.37 Å². The molecule has 0 bridgehead atoms. The zero-order valence-electron chi connectivity index (χ0n) is 11.6. The van der Waals surface area contributed by atoms with Gasteiger partial charge in [-0.2, -0.15) is 9.61 Å². The summed E-state index contributed by atoms with van der Waals surface area (Å²) in [6.45, 7) is 0. The first-order chi connectivity index (χ1) is 10.7. The molecule has 1 aliphatic rings. The number of carbonyl (C=O) groups excluding carboxylic acids is 1. The first kappa shape index (κ1) is 12.9. The number of anilines is 1. The predicted molar refractivity (Wildman–Crippen MR) is 78.9 cm³/mol. The van der Waals surface area contributed by atoms with Crippen LogP contribution in [0.3, 0.4) is 0 Å². The van der Waals surface area contributed by atoms with Crippen LogP contribution in [0.5, 0.6) is 0 Å². The van der Waals surface area contributed by atoms with Gasteiger partial charge < -0.3 is 5.32 Å². The van der Waals surface area contributed by atoms with Crippen molar-refractivity contribution in [1.29, 1.82) is 0 Å². The van der Waals surface area contributed by atoms with Crippen LogP contribution < -0.4 is 5.32 Å². The summed E-state index contributed by atoms with van der Waals surface area (Å²) >= 11 is 0. The van der Waals surface area contributed by atoms with Gasteiger partial charge in [0.2, 0.25) is 5.91 Å². The first-order valence-electron chi connectivity index (χ1n) is 7.08. The van der Waals surface area contributed by atoms with E-state index < -0.39 is 0 Å². The Bertz CT molecular complexity index is 860. The molecule has 1 fully saturated rings. The number of hydrogen-bond acceptors (Lipinski definition) is 3. The van der Waals surface area contributed by atoms with E-state index in [0.29, 0.717) is 23.4 Å². The lowest BCUT2D eigenvalue weighted by atomic mass is 10.1. The van der Waals surface area contributed by atoms with Crippen LogP contribution in [0.1, 0.15) is 17.9 Å². The van der Waals surface area contributed by atoms with E-state index in [1.807, 2.05) is 0 Å². The smallest absolute Gasteiger partial charge is 0.229 e. The quantitative estimate of drug-likeness (QED) is 0.808. The van der Waals surface area contributed by atoms with Gasteiger partial charge in [0, 0.05) is 18.2 Å². The molecule has 22 heavy (non-hydrogen) atoms. The van der Waals surface area contributed by atoms with Gasteiger partial charge in [-0.3, -0.25) is 4.79 Å². The van der Waals surface area contributed by atoms with Gasteiger partial charge in [0.1, 0.15) is 11.6 Å². The number of nitrogens with one attached hydrogen (secondary N) is 1. The van der Waals surface area contributed by atoms with E-state index in [4.69, 9.17) is 0 Å². The van der Waals surface area contributed by atoms with E-state index in [0.717, 1.165) is 0 Å². The van der Waals surface area contributed by atoms with Crippen LogP contribution in [-0.2, 0) is 4.79 Å². The summed E-state index contributed by atoms with van der Waals surface area (Å²) in [5.74, 6) is -0.0385. The Labute approximate surface area is 125 Å². The number of amides is 1. The second kappa shape index (κ2) is 4.91. The molecule has 2 unspecified atom stereocenters. The standard InChI is InChI=1S/C16H13FN4O/c17-13-4-2-1-3-10(13)11-9-12(11)16(22)20-15-5-7-18-14-6-8-19-21(14)15/h1-8,11-12H,9H2,(H,20,22). The number of rotatable bonds is 3. The molecule has 2 atom stereocenters. The molecule has 2 aromatic heterocycles. The number of fused-ring (bicyclic) bond motifs is 1. The fraction of sp³-hybridized carbons (Fsp3) is 0.188. The number of benzene rings is 1. The molecular weight excluding hydrogens is 283 g/mol. The largest absolute Gasteiger partial charge is 0.310 e. The maximum Gasteiger partial charge on any atom is 0.229 e. The molecule has 0 aliphatic heterocycles. The molecule has 1 aromatic carbocycles. The molecule has 0 radical (unpaired) electrons. The Balaban J connectivity index is 1.53. The van der Waals surface area contributed by atoms with Gasteiger partial charge in [0.25, 0.3) is 0 Å². The average Bonchev–Trinajstić information content (AvgIpc) is 3.16. The molecule has 110 valence electrons. The molecule has 1 aliphatic carbocycles. The summed E-state index contributed by atoms with van der Waals surface area (Å²) in [6.07, 6.45) is 3.91. The van der Waals surface area contributed by atoms with Crippen LogP contribution in [0, 0.1) is 11.7 Å². The van der Waals surface area contributed by atoms with Crippen molar-refractivity contribution in [3.63, 3.8) is 0 Å². The molecule has 1 amide bonds. The molecule has 0 saturated heterocycles. The normalized spacial score (nSPS) is 20.0. The van der Waals surface area contributed by atoms with Crippen molar-refractivity contribution in [3.8, 4) is 0 Å². The number of hydrogen-bond donors (Lipinski definition) is 1. The van der Waals surface area contributed by atoms with Crippen molar-refractivity contribution in [2.24, 2.45) is 5.92 Å². The molecule has 5 nitrogen and oxygen atoms in total. The minimum atomic E-state index is -0.249. The van der Waals surface area contributed by atoms with Crippen LogP contribution in [-0.4, -0.2) is 20.5 Å². The first-order valence-corrected chi connectivity index (χ1v) is 7.08. The number of aromatic nitrogens is 3. The SMILES string of the molecule is O=C(Nc1ccnc2ccnn12)C1CC1c1ccccc1F. The molecule has 2 heterocycles. The van der Waals surface area contributed by atoms with E-state index >= 15 is 0 Å². The van der Waals surface area contributed by atoms with Crippen LogP contribution in [0.2, 0.25) is 0 Å². The molecular formula is C16H13FN4O. The highest BCUT2D eigenvalue weighted by molar-refractivity contribution is 5.94. The third-order valence-electron chi connectivity index (χ3n) is 3.97. The van der Waals surface area contributed by atoms with Gasteiger partial charge >= 0.3 is 0 Å². The fourth-order valence-corrected chi connectivity index (χ4v) is 2.75. The fourth-order valence-electron chi connectivity index (χ4n) is 2.75. The summed E-state index contributed by atoms with van der Waals surface area (Å²) in [7, 11) is 0. The van der Waals surface area contributed by atoms with E-state index in [1.54, 1.807) is 47.2 Å². The lowest BCUT2D eigenvalue weighted by Crippen LogP contribution is -2.17. The van der Waals surface area contributed by atoms with Crippen molar-refractivity contribution in [1.82, 2.24) is 14.6 Å². The number of carbonyl (C=O) groups is 1. The van der Waals surface area contributed by atoms with Crippen LogP contribution in [0.25, 0.3) is 5.65 Å². The van der Waals surface area contributed by atoms with E-state index in [9.17, 15) is 9.18 Å². The van der Waals surface area contributed by atoms with Crippen molar-refractivity contribution in [2.45, 2.75) is 12.3 Å². The highest BCUT2D eigenvalue weighted by Crippen LogP contribution is 2.48. The minimum Gasteiger partial charge on any atom is -0.310 e. The zero-order chi connectivity index (χ0) is 15.1. The molecule has 1 N–H and O–H groups in total. The van der Waals surface area contributed by atoms with Gasteiger partial charge in [0.05, 0.1) is 6.20 Å². The molecule has 6 heteroatoms. The van der Waals surface area contributed by atoms with E-state index in [2.05, 4.69) is 15.4 Å². The Morgan fingerprint density at radius 1 is 1.23 bits per heavy atom. The second-order valence-corrected chi connectivity index (χ2v) is 5.39. The van der Waals surface area contributed by atoms with Crippen LogP contribution in [0.4, 0.5) is 10.2 Å². The lowest BCUT2D eigenvalue weighted by molar-refractivity contribution is -0.117. The summed E-state index contributed by atoms with van der Waals surface area (Å²) in [5, 5.41) is 6.97. The topological polar surface area (TPSA) is 59.3 Å². The summed E-state index contributed by atoms with van der Waals surface area (Å²) in [6, 6.07) is 10.1. The lowest BCUT2D eigenvalue weighted by Gasteiger charge is -2.07. The molecule has 1 saturated carbocycles. The van der Waals surface area contributed by atoms with Crippen molar-refractivity contribution in [3.05, 3.63) is 60.2 Å². The molecule has 4 rings (SSSR count). The third-order valence-corrected chi connectivity index (χ3v) is 3.97. The van der Waals surface area contributed by atoms with Crippen LogP contribution in [0.15, 0.2) is 48.8 Å². The molecule has 3 aromatic rings. The maximum absolute atomic E-state index is 13.8. The Kier molecular flexibility index (Phi) is 2.89. The zero-order valence-corrected chi connectivity index (χ0v) is 11.6. The van der Waals surface area contributed by atoms with Gasteiger partial charge in [0.15, 0.2) is 5.65 Å². The highest BCUT2D eigenvalue weighted by atomic mass is 19.1. The number of halogens is 1. The third kappa shape index (κ3) is 2.13. The summed E-state index contributed by atoms with van der Waals surface area (Å²) in [4.78, 5) is 16.5. The van der Waals surface area contributed by atoms with Crippen molar-refractivity contribution < 1.29 is 9.18 Å². The second-order valence-electron chi connectivity index (χ2n) is 5.39. The highest BCUT2D eigenvalue weighted by Gasteiger charge is 2.45. The number of nitrogens with zero attached hydrogens (tertiary/aromatic N) is 3. The average molecular weight is 296 g/mol. The van der Waals surface area contributed by atoms with Gasteiger partial charge in [-0.05, 0) is 30.0 Å². The van der Waals surface area contributed by atoms with E-state index in [1.165, 1.54) is 6.07 Å². The Morgan fingerprint density at radius 3 is 2.95 bits per heavy atom. The monoisotopic (exact) mass is 296 g/mol. The molecule has 0 spiro atoms.